The van der Waals surface area contributed by atoms with E-state index in [0.29, 0.717) is 12.1 Å². The van der Waals surface area contributed by atoms with Crippen LogP contribution in [0.2, 0.25) is 13.1 Å². The fourth-order valence-electron chi connectivity index (χ4n) is 5.73. The maximum Gasteiger partial charge on any atom is 0.122 e. The molecule has 0 amide bonds. The van der Waals surface area contributed by atoms with Gasteiger partial charge in [0.1, 0.15) is 12.4 Å². The van der Waals surface area contributed by atoms with Crippen LogP contribution >= 0.6 is 0 Å². The highest BCUT2D eigenvalue weighted by molar-refractivity contribution is 6.92. The Morgan fingerprint density at radius 3 is 2.26 bits per heavy atom. The summed E-state index contributed by atoms with van der Waals surface area (Å²) in [5.41, 5.74) is 7.59. The van der Waals surface area contributed by atoms with Crippen molar-refractivity contribution in [1.82, 2.24) is 4.90 Å². The molecule has 0 N–H and O–H groups in total. The second-order valence-electron chi connectivity index (χ2n) is 13.0. The minimum absolute atomic E-state index is 0.0128. The molecular formula is C32H45NOSi. The zero-order valence-electron chi connectivity index (χ0n) is 23.3. The van der Waals surface area contributed by atoms with Crippen LogP contribution in [-0.2, 0) is 10.8 Å². The first-order valence-electron chi connectivity index (χ1n) is 13.3. The number of hydrogen-bond donors (Lipinski definition) is 0. The summed E-state index contributed by atoms with van der Waals surface area (Å²) in [6, 6.07) is 14.0. The number of rotatable bonds is 6. The van der Waals surface area contributed by atoms with E-state index in [1.165, 1.54) is 59.1 Å². The van der Waals surface area contributed by atoms with Crippen molar-refractivity contribution >= 4 is 19.0 Å². The summed E-state index contributed by atoms with van der Waals surface area (Å²) in [5, 5.41) is 1.44. The Morgan fingerprint density at radius 2 is 1.66 bits per heavy atom. The zero-order chi connectivity index (χ0) is 25.6. The molecule has 1 aliphatic carbocycles. The molecule has 1 atom stereocenters. The Balaban J connectivity index is 1.94. The molecule has 2 aliphatic rings. The SMILES string of the molecule is C=CCOc1c(C(C)(C)C)cc(C(C)(C)C)cc1[Si](C)(C)C1C=C(N2CCCC2)c2ccccc21. The van der Waals surface area contributed by atoms with E-state index in [0.717, 1.165) is 5.75 Å². The Morgan fingerprint density at radius 1 is 1.00 bits per heavy atom. The molecule has 1 saturated heterocycles. The first-order valence-corrected chi connectivity index (χ1v) is 16.4. The molecule has 1 unspecified atom stereocenters. The molecule has 188 valence electrons. The lowest BCUT2D eigenvalue weighted by molar-refractivity contribution is 0.353. The molecule has 1 aliphatic heterocycles. The molecule has 0 spiro atoms. The van der Waals surface area contributed by atoms with E-state index in [2.05, 4.69) is 109 Å². The first kappa shape index (κ1) is 25.8. The Labute approximate surface area is 215 Å². The summed E-state index contributed by atoms with van der Waals surface area (Å²) in [6.45, 7) is 25.8. The average molecular weight is 488 g/mol. The average Bonchev–Trinajstić information content (AvgIpc) is 3.44. The van der Waals surface area contributed by atoms with E-state index >= 15 is 0 Å². The van der Waals surface area contributed by atoms with E-state index in [-0.39, 0.29) is 10.8 Å². The summed E-state index contributed by atoms with van der Waals surface area (Å²) in [7, 11) is -2.07. The predicted octanol–water partition coefficient (Wildman–Crippen LogP) is 7.54. The van der Waals surface area contributed by atoms with E-state index in [4.69, 9.17) is 4.74 Å². The fourth-order valence-corrected chi connectivity index (χ4v) is 8.99. The fraction of sp³-hybridized carbons (Fsp3) is 0.500. The van der Waals surface area contributed by atoms with Crippen molar-refractivity contribution in [2.45, 2.75) is 83.8 Å². The molecule has 1 fully saturated rings. The normalized spacial score (nSPS) is 18.5. The van der Waals surface area contributed by atoms with E-state index in [9.17, 15) is 0 Å². The van der Waals surface area contributed by atoms with Crippen molar-refractivity contribution in [2.24, 2.45) is 0 Å². The second-order valence-corrected chi connectivity index (χ2v) is 17.6. The second kappa shape index (κ2) is 9.31. The highest BCUT2D eigenvalue weighted by atomic mass is 28.3. The molecule has 2 nitrogen and oxygen atoms in total. The first-order chi connectivity index (χ1) is 16.4. The zero-order valence-corrected chi connectivity index (χ0v) is 24.3. The van der Waals surface area contributed by atoms with Gasteiger partial charge in [-0.05, 0) is 45.5 Å². The predicted molar refractivity (Wildman–Crippen MR) is 155 cm³/mol. The molecule has 1 heterocycles. The van der Waals surface area contributed by atoms with E-state index in [1.807, 2.05) is 6.08 Å². The molecule has 0 aromatic heterocycles. The molecule has 0 bridgehead atoms. The Bertz CT molecular complexity index is 1120. The highest BCUT2D eigenvalue weighted by Crippen LogP contribution is 2.45. The van der Waals surface area contributed by atoms with Crippen molar-refractivity contribution in [2.75, 3.05) is 19.7 Å². The standard InChI is InChI=1S/C32H45NOSi/c1-10-19-34-30-26(32(5,6)7)20-23(31(2,3)4)21-29(30)35(8,9)28-22-27(33-17-13-14-18-33)24-15-11-12-16-25(24)28/h10-12,15-16,20-22,28H,1,13-14,17-19H2,2-9H3. The number of nitrogens with zero attached hydrogens (tertiary/aromatic N) is 1. The topological polar surface area (TPSA) is 12.5 Å². The summed E-state index contributed by atoms with van der Waals surface area (Å²) in [6.07, 6.45) is 7.08. The number of ether oxygens (including phenoxy) is 1. The van der Waals surface area contributed by atoms with E-state index in [1.54, 1.807) is 0 Å². The van der Waals surface area contributed by atoms with Gasteiger partial charge in [0.15, 0.2) is 0 Å². The number of fused-ring (bicyclic) bond motifs is 1. The van der Waals surface area contributed by atoms with Crippen LogP contribution in [0.4, 0.5) is 0 Å². The number of benzene rings is 2. The van der Waals surface area contributed by atoms with Gasteiger partial charge in [-0.1, -0.05) is 110 Å². The van der Waals surface area contributed by atoms with Gasteiger partial charge >= 0.3 is 0 Å². The molecule has 35 heavy (non-hydrogen) atoms. The van der Waals surface area contributed by atoms with Gasteiger partial charge in [0, 0.05) is 29.9 Å². The largest absolute Gasteiger partial charge is 0.489 e. The van der Waals surface area contributed by atoms with Crippen LogP contribution in [-0.4, -0.2) is 32.7 Å². The van der Waals surface area contributed by atoms with Gasteiger partial charge in [-0.3, -0.25) is 0 Å². The smallest absolute Gasteiger partial charge is 0.122 e. The third kappa shape index (κ3) is 4.89. The van der Waals surface area contributed by atoms with Crippen LogP contribution in [0.3, 0.4) is 0 Å². The van der Waals surface area contributed by atoms with Gasteiger partial charge in [-0.2, -0.15) is 0 Å². The Hall–Kier alpha value is -2.26. The van der Waals surface area contributed by atoms with Gasteiger partial charge in [0.25, 0.3) is 0 Å². The monoisotopic (exact) mass is 487 g/mol. The quantitative estimate of drug-likeness (QED) is 0.308. The molecule has 4 rings (SSSR count). The van der Waals surface area contributed by atoms with Crippen molar-refractivity contribution in [3.8, 4) is 5.75 Å². The molecule has 0 saturated carbocycles. The van der Waals surface area contributed by atoms with Gasteiger partial charge in [0.05, 0.1) is 8.07 Å². The summed E-state index contributed by atoms with van der Waals surface area (Å²) >= 11 is 0. The van der Waals surface area contributed by atoms with Crippen LogP contribution in [0.25, 0.3) is 5.70 Å². The molecule has 3 heteroatoms. The van der Waals surface area contributed by atoms with Gasteiger partial charge < -0.3 is 9.64 Å². The third-order valence-corrected chi connectivity index (χ3v) is 11.7. The number of hydrogen-bond acceptors (Lipinski definition) is 2. The summed E-state index contributed by atoms with van der Waals surface area (Å²) in [4.78, 5) is 2.62. The van der Waals surface area contributed by atoms with Crippen LogP contribution in [0, 0.1) is 0 Å². The van der Waals surface area contributed by atoms with Crippen LogP contribution < -0.4 is 9.92 Å². The van der Waals surface area contributed by atoms with Gasteiger partial charge in [-0.25, -0.2) is 0 Å². The van der Waals surface area contributed by atoms with E-state index < -0.39 is 8.07 Å². The van der Waals surface area contributed by atoms with Crippen LogP contribution in [0.5, 0.6) is 5.75 Å². The number of likely N-dealkylation sites (tertiary alicyclic amines) is 1. The van der Waals surface area contributed by atoms with Crippen molar-refractivity contribution in [3.63, 3.8) is 0 Å². The Kier molecular flexibility index (Phi) is 6.87. The molecule has 2 aromatic carbocycles. The lowest BCUT2D eigenvalue weighted by Gasteiger charge is -2.36. The van der Waals surface area contributed by atoms with Crippen molar-refractivity contribution in [3.05, 3.63) is 77.4 Å². The molecule has 0 radical (unpaired) electrons. The van der Waals surface area contributed by atoms with Crippen molar-refractivity contribution < 1.29 is 4.74 Å². The van der Waals surface area contributed by atoms with Crippen LogP contribution in [0.1, 0.15) is 82.2 Å². The minimum atomic E-state index is -2.07. The van der Waals surface area contributed by atoms with Gasteiger partial charge in [-0.15, -0.1) is 0 Å². The van der Waals surface area contributed by atoms with Crippen LogP contribution in [0.15, 0.2) is 55.1 Å². The summed E-state index contributed by atoms with van der Waals surface area (Å²) in [5.74, 6) is 1.10. The highest BCUT2D eigenvalue weighted by Gasteiger charge is 2.43. The minimum Gasteiger partial charge on any atom is -0.489 e. The van der Waals surface area contributed by atoms with Gasteiger partial charge in [0.2, 0.25) is 0 Å². The lowest BCUT2D eigenvalue weighted by Crippen LogP contribution is -2.48. The summed E-state index contributed by atoms with van der Waals surface area (Å²) < 4.78 is 6.56. The lowest BCUT2D eigenvalue weighted by atomic mass is 9.80. The third-order valence-electron chi connectivity index (χ3n) is 7.92. The molecule has 2 aromatic rings. The molecular weight excluding hydrogens is 442 g/mol. The maximum atomic E-state index is 6.56. The number of allylic oxidation sites excluding steroid dienone is 1. The maximum absolute atomic E-state index is 6.56. The van der Waals surface area contributed by atoms with Crippen molar-refractivity contribution in [1.29, 1.82) is 0 Å².